The number of likely N-dealkylation sites (tertiary alicyclic amines) is 2. The molecule has 0 aromatic rings. The van der Waals surface area contributed by atoms with Crippen LogP contribution in [0.3, 0.4) is 0 Å². The third-order valence-corrected chi connectivity index (χ3v) is 6.38. The molecule has 1 aliphatic carbocycles. The maximum atomic E-state index is 9.97. The van der Waals surface area contributed by atoms with Crippen molar-refractivity contribution in [3.8, 4) is 0 Å². The standard InChI is InChI=1S/C18H34N2O/c1-16-5-8-18(15-21,9-6-16)14-19-12-7-17(13-19)20-10-3-2-4-11-20/h16-17,21H,2-15H2,1H3. The van der Waals surface area contributed by atoms with Crippen LogP contribution in [0.1, 0.15) is 58.3 Å². The van der Waals surface area contributed by atoms with Crippen molar-refractivity contribution >= 4 is 0 Å². The molecule has 1 atom stereocenters. The van der Waals surface area contributed by atoms with Gasteiger partial charge in [0.2, 0.25) is 0 Å². The summed E-state index contributed by atoms with van der Waals surface area (Å²) in [6.45, 7) is 9.03. The van der Waals surface area contributed by atoms with Crippen LogP contribution in [0.4, 0.5) is 0 Å². The van der Waals surface area contributed by atoms with Gasteiger partial charge in [-0.1, -0.05) is 26.2 Å². The molecule has 122 valence electrons. The van der Waals surface area contributed by atoms with E-state index in [9.17, 15) is 5.11 Å². The van der Waals surface area contributed by atoms with Gasteiger partial charge in [0.25, 0.3) is 0 Å². The molecule has 3 nitrogen and oxygen atoms in total. The molecular weight excluding hydrogens is 260 g/mol. The highest BCUT2D eigenvalue weighted by Crippen LogP contribution is 2.39. The van der Waals surface area contributed by atoms with E-state index in [1.807, 2.05) is 0 Å². The van der Waals surface area contributed by atoms with Crippen molar-refractivity contribution in [2.24, 2.45) is 11.3 Å². The first-order valence-corrected chi connectivity index (χ1v) is 9.28. The molecule has 0 radical (unpaired) electrons. The highest BCUT2D eigenvalue weighted by molar-refractivity contribution is 4.91. The third kappa shape index (κ3) is 3.80. The zero-order valence-electron chi connectivity index (χ0n) is 13.9. The van der Waals surface area contributed by atoms with Crippen LogP contribution >= 0.6 is 0 Å². The first-order valence-electron chi connectivity index (χ1n) is 9.28. The van der Waals surface area contributed by atoms with Crippen LogP contribution in [0.15, 0.2) is 0 Å². The summed E-state index contributed by atoms with van der Waals surface area (Å²) in [7, 11) is 0. The van der Waals surface area contributed by atoms with Gasteiger partial charge in [-0.05, 0) is 57.7 Å². The molecule has 0 aromatic carbocycles. The van der Waals surface area contributed by atoms with Gasteiger partial charge in [0.1, 0.15) is 0 Å². The SMILES string of the molecule is CC1CCC(CO)(CN2CCC(N3CCCCC3)C2)CC1. The maximum absolute atomic E-state index is 9.97. The van der Waals surface area contributed by atoms with Crippen molar-refractivity contribution in [2.75, 3.05) is 39.3 Å². The van der Waals surface area contributed by atoms with Gasteiger partial charge in [0.05, 0.1) is 0 Å². The molecule has 1 saturated carbocycles. The second-order valence-electron chi connectivity index (χ2n) is 8.11. The lowest BCUT2D eigenvalue weighted by molar-refractivity contribution is 0.0333. The van der Waals surface area contributed by atoms with Crippen molar-refractivity contribution in [2.45, 2.75) is 64.3 Å². The van der Waals surface area contributed by atoms with E-state index in [-0.39, 0.29) is 5.41 Å². The number of nitrogens with zero attached hydrogens (tertiary/aromatic N) is 2. The molecule has 3 heteroatoms. The molecule has 3 fully saturated rings. The predicted octanol–water partition coefficient (Wildman–Crippen LogP) is 2.74. The minimum Gasteiger partial charge on any atom is -0.396 e. The zero-order valence-corrected chi connectivity index (χ0v) is 13.9. The lowest BCUT2D eigenvalue weighted by Gasteiger charge is -2.41. The zero-order chi connectivity index (χ0) is 14.7. The molecule has 2 aliphatic heterocycles. The van der Waals surface area contributed by atoms with Crippen molar-refractivity contribution in [1.29, 1.82) is 0 Å². The Hall–Kier alpha value is -0.120. The highest BCUT2D eigenvalue weighted by atomic mass is 16.3. The van der Waals surface area contributed by atoms with Gasteiger partial charge in [-0.25, -0.2) is 0 Å². The summed E-state index contributed by atoms with van der Waals surface area (Å²) in [5.74, 6) is 0.865. The van der Waals surface area contributed by atoms with E-state index < -0.39 is 0 Å². The molecule has 0 amide bonds. The Bertz CT molecular complexity index is 319. The van der Waals surface area contributed by atoms with E-state index in [2.05, 4.69) is 16.7 Å². The molecule has 1 N–H and O–H groups in total. The van der Waals surface area contributed by atoms with Crippen LogP contribution in [0.2, 0.25) is 0 Å². The van der Waals surface area contributed by atoms with Gasteiger partial charge in [0.15, 0.2) is 0 Å². The number of hydrogen-bond donors (Lipinski definition) is 1. The van der Waals surface area contributed by atoms with Gasteiger partial charge >= 0.3 is 0 Å². The summed E-state index contributed by atoms with van der Waals surface area (Å²) in [4.78, 5) is 5.39. The van der Waals surface area contributed by atoms with E-state index >= 15 is 0 Å². The Kier molecular flexibility index (Phi) is 5.23. The Morgan fingerprint density at radius 2 is 1.71 bits per heavy atom. The van der Waals surface area contributed by atoms with E-state index in [0.29, 0.717) is 6.61 Å². The van der Waals surface area contributed by atoms with Gasteiger partial charge in [0, 0.05) is 31.2 Å². The van der Waals surface area contributed by atoms with Crippen molar-refractivity contribution in [3.63, 3.8) is 0 Å². The van der Waals surface area contributed by atoms with Gasteiger partial charge in [-0.2, -0.15) is 0 Å². The summed E-state index contributed by atoms with van der Waals surface area (Å²) < 4.78 is 0. The van der Waals surface area contributed by atoms with Crippen molar-refractivity contribution in [3.05, 3.63) is 0 Å². The normalized spacial score (nSPS) is 39.7. The first-order chi connectivity index (χ1) is 10.2. The lowest BCUT2D eigenvalue weighted by atomic mass is 9.71. The Morgan fingerprint density at radius 3 is 2.38 bits per heavy atom. The molecule has 2 heterocycles. The molecule has 21 heavy (non-hydrogen) atoms. The van der Waals surface area contributed by atoms with Crippen molar-refractivity contribution < 1.29 is 5.11 Å². The molecule has 0 bridgehead atoms. The third-order valence-electron chi connectivity index (χ3n) is 6.38. The number of aliphatic hydroxyl groups is 1. The average molecular weight is 294 g/mol. The molecular formula is C18H34N2O. The van der Waals surface area contributed by atoms with Crippen LogP contribution in [-0.4, -0.2) is 60.3 Å². The Labute approximate surface area is 130 Å². The number of piperidine rings is 1. The summed E-state index contributed by atoms with van der Waals surface area (Å²) in [6.07, 6.45) is 10.7. The average Bonchev–Trinajstić information content (AvgIpc) is 2.99. The van der Waals surface area contributed by atoms with Gasteiger partial charge in [-0.3, -0.25) is 4.90 Å². The first kappa shape index (κ1) is 15.8. The second kappa shape index (κ2) is 6.97. The fraction of sp³-hybridized carbons (Fsp3) is 1.00. The monoisotopic (exact) mass is 294 g/mol. The van der Waals surface area contributed by atoms with Crippen LogP contribution in [0.5, 0.6) is 0 Å². The van der Waals surface area contributed by atoms with Crippen molar-refractivity contribution in [1.82, 2.24) is 9.80 Å². The molecule has 3 aliphatic rings. The number of aliphatic hydroxyl groups excluding tert-OH is 1. The topological polar surface area (TPSA) is 26.7 Å². The maximum Gasteiger partial charge on any atom is 0.0499 e. The minimum atomic E-state index is 0.212. The quantitative estimate of drug-likeness (QED) is 0.863. The predicted molar refractivity (Wildman–Crippen MR) is 87.4 cm³/mol. The van der Waals surface area contributed by atoms with E-state index in [0.717, 1.165) is 18.5 Å². The number of rotatable bonds is 4. The largest absolute Gasteiger partial charge is 0.396 e. The van der Waals surface area contributed by atoms with Crippen LogP contribution in [0, 0.1) is 11.3 Å². The smallest absolute Gasteiger partial charge is 0.0499 e. The van der Waals surface area contributed by atoms with E-state index in [4.69, 9.17) is 0 Å². The minimum absolute atomic E-state index is 0.212. The Morgan fingerprint density at radius 1 is 1.00 bits per heavy atom. The molecule has 0 aromatic heterocycles. The van der Waals surface area contributed by atoms with E-state index in [1.54, 1.807) is 0 Å². The van der Waals surface area contributed by atoms with Gasteiger partial charge in [-0.15, -0.1) is 0 Å². The fourth-order valence-corrected chi connectivity index (χ4v) is 4.75. The summed E-state index contributed by atoms with van der Waals surface area (Å²) in [6, 6.07) is 0.795. The highest BCUT2D eigenvalue weighted by Gasteiger charge is 2.38. The molecule has 2 saturated heterocycles. The summed E-state index contributed by atoms with van der Waals surface area (Å²) in [5.41, 5.74) is 0.212. The molecule has 0 spiro atoms. The van der Waals surface area contributed by atoms with Crippen LogP contribution < -0.4 is 0 Å². The molecule has 1 unspecified atom stereocenters. The van der Waals surface area contributed by atoms with E-state index in [1.165, 1.54) is 77.5 Å². The van der Waals surface area contributed by atoms with Crippen LogP contribution in [-0.2, 0) is 0 Å². The summed E-state index contributed by atoms with van der Waals surface area (Å²) in [5, 5.41) is 9.97. The van der Waals surface area contributed by atoms with Crippen LogP contribution in [0.25, 0.3) is 0 Å². The number of hydrogen-bond acceptors (Lipinski definition) is 3. The molecule has 3 rings (SSSR count). The lowest BCUT2D eigenvalue weighted by Crippen LogP contribution is -2.44. The van der Waals surface area contributed by atoms with Gasteiger partial charge < -0.3 is 10.0 Å². The summed E-state index contributed by atoms with van der Waals surface area (Å²) >= 11 is 0. The second-order valence-corrected chi connectivity index (χ2v) is 8.11. The Balaban J connectivity index is 1.51. The fourth-order valence-electron chi connectivity index (χ4n) is 4.75.